The summed E-state index contributed by atoms with van der Waals surface area (Å²) in [5.74, 6) is -1.45. The van der Waals surface area contributed by atoms with E-state index in [4.69, 9.17) is 13.9 Å². The van der Waals surface area contributed by atoms with Crippen molar-refractivity contribution in [3.8, 4) is 0 Å². The highest BCUT2D eigenvalue weighted by molar-refractivity contribution is 6.74. The Morgan fingerprint density at radius 2 is 1.45 bits per heavy atom. The molecule has 1 aliphatic heterocycles. The molecule has 2 rings (SSSR count). The Bertz CT molecular complexity index is 1020. The molecule has 1 N–H and O–H groups in total. The van der Waals surface area contributed by atoms with Crippen LogP contribution in [-0.4, -0.2) is 44.0 Å². The van der Waals surface area contributed by atoms with Crippen molar-refractivity contribution in [2.75, 3.05) is 6.61 Å². The lowest BCUT2D eigenvalue weighted by Gasteiger charge is -2.45. The Labute approximate surface area is 232 Å². The summed E-state index contributed by atoms with van der Waals surface area (Å²) in [7, 11) is -2.33. The van der Waals surface area contributed by atoms with Crippen LogP contribution in [-0.2, 0) is 23.5 Å². The number of hydrogen-bond donors (Lipinski definition) is 1. The normalized spacial score (nSPS) is 22.7. The van der Waals surface area contributed by atoms with Crippen LogP contribution >= 0.6 is 0 Å². The monoisotopic (exact) mass is 548 g/mol. The highest BCUT2D eigenvalue weighted by atomic mass is 28.4. The Morgan fingerprint density at radius 3 is 1.89 bits per heavy atom. The van der Waals surface area contributed by atoms with Crippen LogP contribution in [0.25, 0.3) is 0 Å². The molecule has 38 heavy (non-hydrogen) atoms. The third-order valence-electron chi connectivity index (χ3n) is 9.60. The summed E-state index contributed by atoms with van der Waals surface area (Å²) in [5.41, 5.74) is 6.10. The fourth-order valence-corrected chi connectivity index (χ4v) is 6.77. The van der Waals surface area contributed by atoms with Gasteiger partial charge in [0.25, 0.3) is 0 Å². The summed E-state index contributed by atoms with van der Waals surface area (Å²) in [5, 5.41) is 9.61. The van der Waals surface area contributed by atoms with E-state index < -0.39 is 38.0 Å². The zero-order valence-corrected chi connectivity index (χ0v) is 27.3. The number of carbonyl (C=O) groups is 2. The van der Waals surface area contributed by atoms with E-state index in [0.717, 1.165) is 16.7 Å². The maximum atomic E-state index is 14.1. The second kappa shape index (κ2) is 11.5. The molecule has 1 saturated heterocycles. The summed E-state index contributed by atoms with van der Waals surface area (Å²) in [6.45, 7) is 29.2. The van der Waals surface area contributed by atoms with E-state index in [-0.39, 0.29) is 29.3 Å². The summed E-state index contributed by atoms with van der Waals surface area (Å²) in [4.78, 5) is 26.0. The molecule has 0 saturated carbocycles. The highest BCUT2D eigenvalue weighted by Gasteiger charge is 2.49. The molecule has 7 heteroatoms. The van der Waals surface area contributed by atoms with E-state index >= 15 is 0 Å². The van der Waals surface area contributed by atoms with Crippen LogP contribution in [0.4, 0.5) is 0 Å². The molecule has 0 unspecified atom stereocenters. The fourth-order valence-electron chi connectivity index (χ4n) is 5.32. The maximum absolute atomic E-state index is 14.1. The van der Waals surface area contributed by atoms with Crippen LogP contribution in [0.5, 0.6) is 0 Å². The minimum atomic E-state index is -2.33. The Balaban J connectivity index is 2.41. The number of carboxylic acids is 1. The summed E-state index contributed by atoms with van der Waals surface area (Å²) in [6, 6.07) is 0. The van der Waals surface area contributed by atoms with Gasteiger partial charge in [0.15, 0.2) is 14.6 Å². The Morgan fingerprint density at radius 1 is 0.974 bits per heavy atom. The first kappa shape index (κ1) is 32.7. The van der Waals surface area contributed by atoms with E-state index in [1.54, 1.807) is 0 Å². The molecule has 5 atom stereocenters. The van der Waals surface area contributed by atoms with Crippen LogP contribution in [0, 0.1) is 51.9 Å². The Kier molecular flexibility index (Phi) is 9.90. The molecule has 0 spiro atoms. The molecule has 6 nitrogen and oxygen atoms in total. The number of aliphatic carboxylic acids is 1. The predicted octanol–water partition coefficient (Wildman–Crippen LogP) is 7.38. The number of rotatable bonds is 9. The van der Waals surface area contributed by atoms with Gasteiger partial charge in [-0.2, -0.15) is 0 Å². The second-order valence-corrected chi connectivity index (χ2v) is 18.4. The van der Waals surface area contributed by atoms with Gasteiger partial charge in [-0.05, 0) is 80.6 Å². The number of ketones is 1. The zero-order valence-electron chi connectivity index (χ0n) is 26.3. The quantitative estimate of drug-likeness (QED) is 0.324. The molecule has 0 radical (unpaired) electrons. The minimum Gasteiger partial charge on any atom is -0.481 e. The van der Waals surface area contributed by atoms with E-state index in [2.05, 4.69) is 68.5 Å². The van der Waals surface area contributed by atoms with Crippen molar-refractivity contribution in [2.45, 2.75) is 126 Å². The number of carboxylic acid groups (broad SMARTS) is 1. The minimum absolute atomic E-state index is 0.00786. The van der Waals surface area contributed by atoms with Crippen molar-refractivity contribution in [3.63, 3.8) is 0 Å². The molecule has 0 amide bonds. The maximum Gasteiger partial charge on any atom is 0.305 e. The van der Waals surface area contributed by atoms with Gasteiger partial charge in [-0.15, -0.1) is 0 Å². The molecule has 0 aliphatic carbocycles. The van der Waals surface area contributed by atoms with E-state index in [1.807, 2.05) is 27.7 Å². The molecular formula is C31H52O6Si. The molecule has 1 aromatic carbocycles. The SMILES string of the molecule is Cc1c(C)c(C)c([C@H]2OC[C@H](C)[C@@H]([C@@H](C)C(=O)C(C)(C)[C@H](CC(=O)O)O[Si](C)(C)C(C)(C)C)O2)c(C)c1C. The molecule has 0 bridgehead atoms. The van der Waals surface area contributed by atoms with Crippen molar-refractivity contribution < 1.29 is 28.6 Å². The van der Waals surface area contributed by atoms with Crippen LogP contribution in [0.2, 0.25) is 18.1 Å². The van der Waals surface area contributed by atoms with E-state index in [9.17, 15) is 14.7 Å². The van der Waals surface area contributed by atoms with Gasteiger partial charge in [-0.3, -0.25) is 9.59 Å². The smallest absolute Gasteiger partial charge is 0.305 e. The van der Waals surface area contributed by atoms with Gasteiger partial charge >= 0.3 is 5.97 Å². The first-order chi connectivity index (χ1) is 17.1. The molecule has 1 aromatic rings. The highest BCUT2D eigenvalue weighted by Crippen LogP contribution is 2.43. The average Bonchev–Trinajstić information content (AvgIpc) is 2.80. The lowest BCUT2D eigenvalue weighted by atomic mass is 9.73. The van der Waals surface area contributed by atoms with Crippen molar-refractivity contribution in [1.29, 1.82) is 0 Å². The summed E-state index contributed by atoms with van der Waals surface area (Å²) < 4.78 is 19.4. The average molecular weight is 549 g/mol. The third-order valence-corrected chi connectivity index (χ3v) is 14.1. The van der Waals surface area contributed by atoms with Crippen molar-refractivity contribution in [1.82, 2.24) is 0 Å². The molecule has 1 aliphatic rings. The van der Waals surface area contributed by atoms with E-state index in [1.165, 1.54) is 16.7 Å². The van der Waals surface area contributed by atoms with Gasteiger partial charge in [-0.25, -0.2) is 0 Å². The second-order valence-electron chi connectivity index (χ2n) is 13.6. The number of ether oxygens (including phenoxy) is 2. The van der Waals surface area contributed by atoms with Gasteiger partial charge in [0.05, 0.1) is 25.2 Å². The van der Waals surface area contributed by atoms with Crippen LogP contribution in [0.15, 0.2) is 0 Å². The largest absolute Gasteiger partial charge is 0.481 e. The molecule has 216 valence electrons. The van der Waals surface area contributed by atoms with Crippen molar-refractivity contribution >= 4 is 20.1 Å². The van der Waals surface area contributed by atoms with Gasteiger partial charge < -0.3 is 19.0 Å². The molecule has 1 fully saturated rings. The van der Waals surface area contributed by atoms with Crippen LogP contribution in [0.1, 0.15) is 94.6 Å². The first-order valence-electron chi connectivity index (χ1n) is 13.9. The van der Waals surface area contributed by atoms with Gasteiger partial charge in [0, 0.05) is 22.8 Å². The van der Waals surface area contributed by atoms with E-state index in [0.29, 0.717) is 6.61 Å². The Hall–Kier alpha value is -1.54. The summed E-state index contributed by atoms with van der Waals surface area (Å²) in [6.07, 6.45) is -1.86. The van der Waals surface area contributed by atoms with Crippen molar-refractivity contribution in [3.05, 3.63) is 33.4 Å². The number of Topliss-reactive ketones (excluding diaryl/α,β-unsaturated/α-hetero) is 1. The lowest BCUT2D eigenvalue weighted by Crippen LogP contribution is -2.53. The summed E-state index contributed by atoms with van der Waals surface area (Å²) >= 11 is 0. The standard InChI is InChI=1S/C31H52O6Si/c1-17-16-35-29(26-21(5)19(3)18(2)20(4)22(26)6)36-27(17)23(7)28(34)31(11,12)24(15-25(32)33)37-38(13,14)30(8,9)10/h17,23-24,27,29H,15-16H2,1-14H3,(H,32,33)/t17-,23+,24-,27-,29-/m0/s1. The van der Waals surface area contributed by atoms with Gasteiger partial charge in [0.1, 0.15) is 5.78 Å². The topological polar surface area (TPSA) is 82.1 Å². The van der Waals surface area contributed by atoms with Crippen molar-refractivity contribution in [2.24, 2.45) is 17.3 Å². The van der Waals surface area contributed by atoms with Crippen LogP contribution < -0.4 is 0 Å². The number of carbonyl (C=O) groups excluding carboxylic acids is 1. The molecule has 0 aromatic heterocycles. The molecular weight excluding hydrogens is 496 g/mol. The predicted molar refractivity (Wildman–Crippen MR) is 155 cm³/mol. The number of hydrogen-bond acceptors (Lipinski definition) is 5. The molecule has 1 heterocycles. The lowest BCUT2D eigenvalue weighted by molar-refractivity contribution is -0.249. The first-order valence-corrected chi connectivity index (χ1v) is 16.8. The van der Waals surface area contributed by atoms with Gasteiger partial charge in [-0.1, -0.05) is 48.5 Å². The number of benzene rings is 1. The third kappa shape index (κ3) is 6.43. The van der Waals surface area contributed by atoms with Gasteiger partial charge in [0.2, 0.25) is 0 Å². The zero-order chi connectivity index (χ0) is 29.5. The fraction of sp³-hybridized carbons (Fsp3) is 0.742. The van der Waals surface area contributed by atoms with Crippen LogP contribution in [0.3, 0.4) is 0 Å².